The van der Waals surface area contributed by atoms with Crippen LogP contribution in [0.1, 0.15) is 39.9 Å². The van der Waals surface area contributed by atoms with E-state index in [0.29, 0.717) is 74.4 Å². The second-order valence-electron chi connectivity index (χ2n) is 13.4. The molecule has 0 aliphatic heterocycles. The first-order chi connectivity index (χ1) is 26.9. The lowest BCUT2D eigenvalue weighted by molar-refractivity contribution is 0.0489. The Bertz CT molecular complexity index is 2300. The van der Waals surface area contributed by atoms with Gasteiger partial charge in [0.15, 0.2) is 5.78 Å². The Kier molecular flexibility index (Phi) is 11.8. The van der Waals surface area contributed by atoms with Crippen molar-refractivity contribution >= 4 is 5.78 Å². The minimum atomic E-state index is -0.554. The molecule has 55 heavy (non-hydrogen) atoms. The highest BCUT2D eigenvalue weighted by atomic mass is 19.1. The average Bonchev–Trinajstić information content (AvgIpc) is 3.76. The van der Waals surface area contributed by atoms with Crippen molar-refractivity contribution in [2.24, 2.45) is 5.73 Å². The van der Waals surface area contributed by atoms with Crippen LogP contribution in [0.2, 0.25) is 0 Å². The average molecular weight is 744 g/mol. The van der Waals surface area contributed by atoms with Gasteiger partial charge in [-0.25, -0.2) is 13.8 Å². The van der Waals surface area contributed by atoms with E-state index in [9.17, 15) is 4.79 Å². The van der Waals surface area contributed by atoms with Crippen molar-refractivity contribution in [2.75, 3.05) is 47.2 Å². The first kappa shape index (κ1) is 37.6. The van der Waals surface area contributed by atoms with Crippen LogP contribution in [0.25, 0.3) is 45.0 Å². The highest BCUT2D eigenvalue weighted by Crippen LogP contribution is 2.43. The van der Waals surface area contributed by atoms with Crippen molar-refractivity contribution in [3.8, 4) is 56.5 Å². The summed E-state index contributed by atoms with van der Waals surface area (Å²) in [4.78, 5) is 18.2. The molecule has 6 aromatic rings. The van der Waals surface area contributed by atoms with Crippen LogP contribution in [0.5, 0.6) is 11.5 Å². The lowest BCUT2D eigenvalue weighted by atomic mass is 10.0. The largest absolute Gasteiger partial charge is 0.497 e. The van der Waals surface area contributed by atoms with E-state index < -0.39 is 11.6 Å². The van der Waals surface area contributed by atoms with E-state index in [1.807, 2.05) is 34.9 Å². The molecule has 0 amide bonds. The Morgan fingerprint density at radius 2 is 1.40 bits per heavy atom. The highest BCUT2D eigenvalue weighted by molar-refractivity contribution is 5.96. The standard InChI is InChI=1S/C45H43F2N3O5/c1-52-34-15-17-37(40(46)26-34)43-44(38-18-16-35(53-2)27-41(38)47)50(45(49-43)33-14-13-32-24-31-6-3-4-7-36(31)39(32)25-33)28-29-9-11-30(12-10-29)42(51)8-5-20-54-22-23-55-21-19-48/h3-4,6-7,9-18,25-27H,5,8,19-24,28,48H2,1-2H3. The fourth-order valence-corrected chi connectivity index (χ4v) is 7.04. The summed E-state index contributed by atoms with van der Waals surface area (Å²) in [6, 6.07) is 31.1. The summed E-state index contributed by atoms with van der Waals surface area (Å²) in [6.45, 7) is 2.58. The molecular formula is C45H43F2N3O5. The number of hydrogen-bond donors (Lipinski definition) is 1. The number of benzene rings is 5. The molecule has 0 radical (unpaired) electrons. The molecule has 1 aromatic heterocycles. The summed E-state index contributed by atoms with van der Waals surface area (Å²) < 4.78 is 55.6. The predicted molar refractivity (Wildman–Crippen MR) is 210 cm³/mol. The maximum absolute atomic E-state index is 16.2. The van der Waals surface area contributed by atoms with Crippen molar-refractivity contribution in [3.05, 3.63) is 137 Å². The van der Waals surface area contributed by atoms with Gasteiger partial charge in [0, 0.05) is 60.5 Å². The number of fused-ring (bicyclic) bond motifs is 3. The molecule has 0 bridgehead atoms. The molecule has 8 nitrogen and oxygen atoms in total. The molecule has 2 N–H and O–H groups in total. The van der Waals surface area contributed by atoms with Crippen molar-refractivity contribution in [1.29, 1.82) is 0 Å². The van der Waals surface area contributed by atoms with Gasteiger partial charge in [-0.2, -0.15) is 0 Å². The van der Waals surface area contributed by atoms with Crippen LogP contribution in [0.4, 0.5) is 8.78 Å². The van der Waals surface area contributed by atoms with Gasteiger partial charge in [-0.15, -0.1) is 0 Å². The van der Waals surface area contributed by atoms with Crippen molar-refractivity contribution in [3.63, 3.8) is 0 Å². The summed E-state index contributed by atoms with van der Waals surface area (Å²) in [5.41, 5.74) is 13.5. The number of ketones is 1. The van der Waals surface area contributed by atoms with Gasteiger partial charge in [-0.1, -0.05) is 60.7 Å². The van der Waals surface area contributed by atoms with E-state index in [-0.39, 0.29) is 29.1 Å². The molecule has 7 rings (SSSR count). The zero-order valence-electron chi connectivity index (χ0n) is 30.9. The zero-order valence-corrected chi connectivity index (χ0v) is 30.9. The van der Waals surface area contributed by atoms with E-state index in [1.54, 1.807) is 36.4 Å². The lowest BCUT2D eigenvalue weighted by Gasteiger charge is -2.16. The fourth-order valence-electron chi connectivity index (χ4n) is 7.04. The number of methoxy groups -OCH3 is 2. The molecular weight excluding hydrogens is 701 g/mol. The summed E-state index contributed by atoms with van der Waals surface area (Å²) >= 11 is 0. The Morgan fingerprint density at radius 3 is 2.09 bits per heavy atom. The lowest BCUT2D eigenvalue weighted by Crippen LogP contribution is -2.12. The van der Waals surface area contributed by atoms with Gasteiger partial charge in [-0.3, -0.25) is 4.79 Å². The van der Waals surface area contributed by atoms with E-state index in [0.717, 1.165) is 28.7 Å². The SMILES string of the molecule is COc1ccc(-c2nc(-c3ccc4c(c3)-c3ccccc3C4)n(Cc3ccc(C(=O)CCCOCCOCCN)cc3)c2-c2ccc(OC)cc2F)c(F)c1. The molecule has 0 saturated heterocycles. The number of Topliss-reactive ketones (excluding diaryl/α,β-unsaturated/α-hetero) is 1. The minimum Gasteiger partial charge on any atom is -0.497 e. The van der Waals surface area contributed by atoms with Crippen LogP contribution in [-0.2, 0) is 22.4 Å². The molecule has 0 fully saturated rings. The molecule has 0 unspecified atom stereocenters. The monoisotopic (exact) mass is 743 g/mol. The van der Waals surface area contributed by atoms with Crippen LogP contribution in [-0.4, -0.2) is 62.5 Å². The van der Waals surface area contributed by atoms with Gasteiger partial charge in [0.05, 0.1) is 39.7 Å². The van der Waals surface area contributed by atoms with Gasteiger partial charge in [-0.05, 0) is 71.0 Å². The first-order valence-corrected chi connectivity index (χ1v) is 18.4. The molecule has 1 aliphatic carbocycles. The smallest absolute Gasteiger partial charge is 0.162 e. The third-order valence-electron chi connectivity index (χ3n) is 9.83. The number of halogens is 2. The normalized spacial score (nSPS) is 11.7. The van der Waals surface area contributed by atoms with Crippen LogP contribution in [0, 0.1) is 11.6 Å². The summed E-state index contributed by atoms with van der Waals surface area (Å²) in [6.07, 6.45) is 1.75. The van der Waals surface area contributed by atoms with Gasteiger partial charge in [0.2, 0.25) is 0 Å². The van der Waals surface area contributed by atoms with Gasteiger partial charge in [0.1, 0.15) is 34.7 Å². The zero-order chi connectivity index (χ0) is 38.3. The van der Waals surface area contributed by atoms with Crippen LogP contribution < -0.4 is 15.2 Å². The highest BCUT2D eigenvalue weighted by Gasteiger charge is 2.27. The molecule has 282 valence electrons. The Hall–Kier alpha value is -5.68. The van der Waals surface area contributed by atoms with Crippen molar-refractivity contribution in [2.45, 2.75) is 25.8 Å². The quantitative estimate of drug-likeness (QED) is 0.0736. The van der Waals surface area contributed by atoms with Crippen molar-refractivity contribution < 1.29 is 32.5 Å². The summed E-state index contributed by atoms with van der Waals surface area (Å²) in [5, 5.41) is 0. The molecule has 1 heterocycles. The fraction of sp³-hybridized carbons (Fsp3) is 0.244. The molecule has 5 aromatic carbocycles. The number of ether oxygens (including phenoxy) is 4. The van der Waals surface area contributed by atoms with Gasteiger partial charge < -0.3 is 29.2 Å². The topological polar surface area (TPSA) is 97.8 Å². The van der Waals surface area contributed by atoms with E-state index in [1.165, 1.54) is 37.5 Å². The Balaban J connectivity index is 1.28. The van der Waals surface area contributed by atoms with E-state index >= 15 is 8.78 Å². The van der Waals surface area contributed by atoms with Gasteiger partial charge >= 0.3 is 0 Å². The second kappa shape index (κ2) is 17.2. The number of carbonyl (C=O) groups excluding carboxylic acids is 1. The van der Waals surface area contributed by atoms with E-state index in [4.69, 9.17) is 29.7 Å². The molecule has 0 saturated carbocycles. The molecule has 0 spiro atoms. The number of hydrogen-bond acceptors (Lipinski definition) is 7. The summed E-state index contributed by atoms with van der Waals surface area (Å²) in [5.74, 6) is 0.154. The third kappa shape index (κ3) is 8.22. The van der Waals surface area contributed by atoms with Crippen LogP contribution >= 0.6 is 0 Å². The number of aromatic nitrogens is 2. The molecule has 1 aliphatic rings. The maximum Gasteiger partial charge on any atom is 0.162 e. The molecule has 0 atom stereocenters. The second-order valence-corrected chi connectivity index (χ2v) is 13.4. The van der Waals surface area contributed by atoms with Crippen molar-refractivity contribution in [1.82, 2.24) is 9.55 Å². The maximum atomic E-state index is 16.2. The van der Waals surface area contributed by atoms with E-state index in [2.05, 4.69) is 24.3 Å². The van der Waals surface area contributed by atoms with Crippen LogP contribution in [0.15, 0.2) is 103 Å². The number of nitrogens with two attached hydrogens (primary N) is 1. The first-order valence-electron chi connectivity index (χ1n) is 18.4. The molecule has 10 heteroatoms. The summed E-state index contributed by atoms with van der Waals surface area (Å²) in [7, 11) is 2.95. The number of rotatable bonds is 17. The third-order valence-corrected chi connectivity index (χ3v) is 9.83. The van der Waals surface area contributed by atoms with Gasteiger partial charge in [0.25, 0.3) is 0 Å². The number of imidazole rings is 1. The Labute approximate surface area is 319 Å². The predicted octanol–water partition coefficient (Wildman–Crippen LogP) is 8.75. The number of nitrogens with zero attached hydrogens (tertiary/aromatic N) is 2. The van der Waals surface area contributed by atoms with Crippen LogP contribution in [0.3, 0.4) is 0 Å². The Morgan fingerprint density at radius 1 is 0.727 bits per heavy atom. The number of carbonyl (C=O) groups is 1. The minimum absolute atomic E-state index is 0.00883.